The maximum absolute atomic E-state index is 12.2. The van der Waals surface area contributed by atoms with Crippen LogP contribution < -0.4 is 10.9 Å². The summed E-state index contributed by atoms with van der Waals surface area (Å²) in [5, 5.41) is 3.53. The van der Waals surface area contributed by atoms with Crippen LogP contribution in [0.1, 0.15) is 18.4 Å². The third-order valence-corrected chi connectivity index (χ3v) is 5.52. The Morgan fingerprint density at radius 2 is 2.13 bits per heavy atom. The maximum Gasteiger partial charge on any atom is 0.250 e. The van der Waals surface area contributed by atoms with E-state index in [0.29, 0.717) is 17.3 Å². The molecule has 0 radical (unpaired) electrons. The van der Waals surface area contributed by atoms with Crippen LogP contribution in [-0.2, 0) is 11.3 Å². The van der Waals surface area contributed by atoms with Gasteiger partial charge in [-0.05, 0) is 36.3 Å². The van der Waals surface area contributed by atoms with Crippen molar-refractivity contribution in [1.82, 2.24) is 4.57 Å². The third kappa shape index (κ3) is 3.98. The smallest absolute Gasteiger partial charge is 0.250 e. The molecular formula is C17H17ClN2O2S. The molecule has 2 heterocycles. The number of hydrogen-bond donors (Lipinski definition) is 1. The Morgan fingerprint density at radius 3 is 2.87 bits per heavy atom. The molecular weight excluding hydrogens is 332 g/mol. The average Bonchev–Trinajstić information content (AvgIpc) is 3.07. The zero-order valence-electron chi connectivity index (χ0n) is 12.5. The van der Waals surface area contributed by atoms with Gasteiger partial charge in [-0.15, -0.1) is 11.8 Å². The van der Waals surface area contributed by atoms with E-state index in [9.17, 15) is 9.59 Å². The number of rotatable bonds is 4. The highest BCUT2D eigenvalue weighted by molar-refractivity contribution is 8.00. The first-order chi connectivity index (χ1) is 11.1. The molecule has 1 aromatic carbocycles. The van der Waals surface area contributed by atoms with Gasteiger partial charge in [0.2, 0.25) is 5.91 Å². The summed E-state index contributed by atoms with van der Waals surface area (Å²) in [4.78, 5) is 24.2. The lowest BCUT2D eigenvalue weighted by Gasteiger charge is -2.12. The molecule has 1 N–H and O–H groups in total. The highest BCUT2D eigenvalue weighted by Gasteiger charge is 2.23. The van der Waals surface area contributed by atoms with Crippen molar-refractivity contribution < 1.29 is 4.79 Å². The van der Waals surface area contributed by atoms with Gasteiger partial charge in [-0.1, -0.05) is 29.8 Å². The van der Waals surface area contributed by atoms with Crippen LogP contribution in [0.4, 0.5) is 5.69 Å². The molecule has 0 aliphatic carbocycles. The monoisotopic (exact) mass is 348 g/mol. The van der Waals surface area contributed by atoms with Crippen molar-refractivity contribution in [2.24, 2.45) is 0 Å². The Balaban J connectivity index is 1.77. The minimum Gasteiger partial charge on any atom is -0.324 e. The fourth-order valence-electron chi connectivity index (χ4n) is 2.55. The van der Waals surface area contributed by atoms with Gasteiger partial charge in [-0.2, -0.15) is 0 Å². The number of thioether (sulfide) groups is 1. The Bertz CT molecular complexity index is 769. The Morgan fingerprint density at radius 1 is 1.30 bits per heavy atom. The van der Waals surface area contributed by atoms with Gasteiger partial charge < -0.3 is 9.88 Å². The highest BCUT2D eigenvalue weighted by atomic mass is 35.5. The average molecular weight is 349 g/mol. The van der Waals surface area contributed by atoms with Gasteiger partial charge >= 0.3 is 0 Å². The van der Waals surface area contributed by atoms with Crippen molar-refractivity contribution in [1.29, 1.82) is 0 Å². The number of amides is 1. The number of anilines is 1. The van der Waals surface area contributed by atoms with E-state index in [-0.39, 0.29) is 16.7 Å². The number of carbonyl (C=O) groups is 1. The molecule has 0 saturated carbocycles. The van der Waals surface area contributed by atoms with Crippen LogP contribution in [0.3, 0.4) is 0 Å². The number of halogens is 1. The number of aromatic nitrogens is 1. The molecule has 0 spiro atoms. The molecule has 1 saturated heterocycles. The van der Waals surface area contributed by atoms with Gasteiger partial charge in [0.25, 0.3) is 5.56 Å². The van der Waals surface area contributed by atoms with Crippen LogP contribution in [0.5, 0.6) is 0 Å². The fourth-order valence-corrected chi connectivity index (χ4v) is 3.90. The molecule has 1 fully saturated rings. The van der Waals surface area contributed by atoms with E-state index in [1.807, 2.05) is 18.2 Å². The van der Waals surface area contributed by atoms with Crippen LogP contribution in [0.15, 0.2) is 47.4 Å². The molecule has 1 aliphatic heterocycles. The molecule has 23 heavy (non-hydrogen) atoms. The van der Waals surface area contributed by atoms with Crippen molar-refractivity contribution in [3.05, 3.63) is 63.5 Å². The lowest BCUT2D eigenvalue weighted by molar-refractivity contribution is -0.115. The van der Waals surface area contributed by atoms with Gasteiger partial charge in [0.05, 0.1) is 17.5 Å². The molecule has 2 aromatic rings. The highest BCUT2D eigenvalue weighted by Crippen LogP contribution is 2.27. The van der Waals surface area contributed by atoms with Crippen molar-refractivity contribution >= 4 is 35.0 Å². The van der Waals surface area contributed by atoms with Crippen LogP contribution in [0.2, 0.25) is 5.02 Å². The van der Waals surface area contributed by atoms with Crippen LogP contribution in [-0.4, -0.2) is 21.5 Å². The lowest BCUT2D eigenvalue weighted by atomic mass is 10.2. The topological polar surface area (TPSA) is 51.1 Å². The SMILES string of the molecule is O=C(Nc1ccc(=O)n(Cc2ccccc2Cl)c1)C1CCCS1. The third-order valence-electron chi connectivity index (χ3n) is 3.77. The maximum atomic E-state index is 12.2. The van der Waals surface area contributed by atoms with Gasteiger partial charge in [0.1, 0.15) is 0 Å². The molecule has 1 aromatic heterocycles. The van der Waals surface area contributed by atoms with Crippen molar-refractivity contribution in [2.45, 2.75) is 24.6 Å². The number of hydrogen-bond acceptors (Lipinski definition) is 3. The molecule has 6 heteroatoms. The standard InChI is InChI=1S/C17H17ClN2O2S/c18-14-5-2-1-4-12(14)10-20-11-13(7-8-16(20)21)19-17(22)15-6-3-9-23-15/h1-2,4-5,7-8,11,15H,3,6,9-10H2,(H,19,22). The number of carbonyl (C=O) groups excluding carboxylic acids is 1. The van der Waals surface area contributed by atoms with Gasteiger partial charge in [-0.3, -0.25) is 9.59 Å². The van der Waals surface area contributed by atoms with Gasteiger partial charge in [0, 0.05) is 17.3 Å². The van der Waals surface area contributed by atoms with Crippen molar-refractivity contribution in [2.75, 3.05) is 11.1 Å². The van der Waals surface area contributed by atoms with E-state index < -0.39 is 0 Å². The summed E-state index contributed by atoms with van der Waals surface area (Å²) < 4.78 is 1.55. The second kappa shape index (κ2) is 7.23. The molecule has 0 bridgehead atoms. The van der Waals surface area contributed by atoms with E-state index in [4.69, 9.17) is 11.6 Å². The van der Waals surface area contributed by atoms with Crippen molar-refractivity contribution in [3.63, 3.8) is 0 Å². The summed E-state index contributed by atoms with van der Waals surface area (Å²) in [6.07, 6.45) is 3.66. The molecule has 120 valence electrons. The number of nitrogens with zero attached hydrogens (tertiary/aromatic N) is 1. The first-order valence-corrected chi connectivity index (χ1v) is 8.92. The van der Waals surface area contributed by atoms with E-state index in [0.717, 1.165) is 24.2 Å². The van der Waals surface area contributed by atoms with Gasteiger partial charge in [0.15, 0.2) is 0 Å². The number of benzene rings is 1. The molecule has 1 aliphatic rings. The second-order valence-corrected chi connectivity index (χ2v) is 7.18. The van der Waals surface area contributed by atoms with Gasteiger partial charge in [-0.25, -0.2) is 0 Å². The summed E-state index contributed by atoms with van der Waals surface area (Å²) in [6.45, 7) is 0.375. The lowest BCUT2D eigenvalue weighted by Crippen LogP contribution is -2.25. The van der Waals surface area contributed by atoms with Crippen LogP contribution in [0, 0.1) is 0 Å². The molecule has 1 amide bonds. The zero-order valence-corrected chi connectivity index (χ0v) is 14.1. The summed E-state index contributed by atoms with van der Waals surface area (Å²) in [5.41, 5.74) is 1.37. The number of pyridine rings is 1. The van der Waals surface area contributed by atoms with Crippen LogP contribution in [0.25, 0.3) is 0 Å². The van der Waals surface area contributed by atoms with E-state index in [1.165, 1.54) is 6.07 Å². The molecule has 1 unspecified atom stereocenters. The first-order valence-electron chi connectivity index (χ1n) is 7.50. The van der Waals surface area contributed by atoms with E-state index in [1.54, 1.807) is 34.7 Å². The quantitative estimate of drug-likeness (QED) is 0.921. The van der Waals surface area contributed by atoms with Crippen molar-refractivity contribution in [3.8, 4) is 0 Å². The molecule has 4 nitrogen and oxygen atoms in total. The minimum absolute atomic E-state index is 0.00967. The Labute approximate surface area is 143 Å². The largest absolute Gasteiger partial charge is 0.324 e. The Hall–Kier alpha value is -1.72. The minimum atomic E-state index is -0.127. The van der Waals surface area contributed by atoms with E-state index in [2.05, 4.69) is 5.32 Å². The molecule has 3 rings (SSSR count). The van der Waals surface area contributed by atoms with Crippen LogP contribution >= 0.6 is 23.4 Å². The summed E-state index contributed by atoms with van der Waals surface area (Å²) >= 11 is 7.83. The predicted molar refractivity (Wildman–Crippen MR) is 95.4 cm³/mol. The number of nitrogens with one attached hydrogen (secondary N) is 1. The summed E-state index contributed by atoms with van der Waals surface area (Å²) in [5.74, 6) is 1.04. The molecule has 1 atom stereocenters. The normalized spacial score (nSPS) is 17.2. The summed E-state index contributed by atoms with van der Waals surface area (Å²) in [7, 11) is 0. The fraction of sp³-hybridized carbons (Fsp3) is 0.294. The zero-order chi connectivity index (χ0) is 16.2. The Kier molecular flexibility index (Phi) is 5.08. The first kappa shape index (κ1) is 16.1. The predicted octanol–water partition coefficient (Wildman–Crippen LogP) is 3.38. The van der Waals surface area contributed by atoms with E-state index >= 15 is 0 Å². The second-order valence-electron chi connectivity index (χ2n) is 5.47. The summed E-state index contributed by atoms with van der Waals surface area (Å²) in [6, 6.07) is 10.5.